The predicted molar refractivity (Wildman–Crippen MR) is 87.0 cm³/mol. The van der Waals surface area contributed by atoms with Crippen LogP contribution >= 0.6 is 0 Å². The molecule has 4 nitrogen and oxygen atoms in total. The minimum atomic E-state index is 0.0856. The largest absolute Gasteiger partial charge is 0.354 e. The number of nitrogens with zero attached hydrogens (tertiary/aromatic N) is 1. The first-order chi connectivity index (χ1) is 10.3. The number of fused-ring (bicyclic) bond motifs is 1. The van der Waals surface area contributed by atoms with E-state index < -0.39 is 0 Å². The van der Waals surface area contributed by atoms with Crippen LogP contribution in [0.5, 0.6) is 0 Å². The van der Waals surface area contributed by atoms with E-state index in [1.807, 2.05) is 41.1 Å². The Morgan fingerprint density at radius 3 is 2.62 bits per heavy atom. The molecule has 0 unspecified atom stereocenters. The molecule has 0 radical (unpaired) electrons. The quantitative estimate of drug-likeness (QED) is 0.901. The van der Waals surface area contributed by atoms with Gasteiger partial charge in [-0.1, -0.05) is 31.5 Å². The Kier molecular flexibility index (Phi) is 3.77. The Morgan fingerprint density at radius 1 is 1.10 bits per heavy atom. The van der Waals surface area contributed by atoms with Crippen molar-refractivity contribution in [3.63, 3.8) is 0 Å². The minimum Gasteiger partial charge on any atom is -0.354 e. The Bertz CT molecular complexity index is 717. The smallest absolute Gasteiger partial charge is 0.210 e. The first-order valence-corrected chi connectivity index (χ1v) is 7.33. The first kappa shape index (κ1) is 13.5. The normalized spacial score (nSPS) is 12.4. The summed E-state index contributed by atoms with van der Waals surface area (Å²) in [6, 6.07) is 10.1. The van der Waals surface area contributed by atoms with Gasteiger partial charge in [0.1, 0.15) is 11.5 Å². The summed E-state index contributed by atoms with van der Waals surface area (Å²) in [7, 11) is 0. The molecular weight excluding hydrogens is 262 g/mol. The molecule has 2 aromatic rings. The second kappa shape index (κ2) is 5.87. The molecule has 1 aromatic carbocycles. The molecule has 1 aliphatic rings. The first-order valence-electron chi connectivity index (χ1n) is 7.33. The Balaban J connectivity index is 2.17. The lowest BCUT2D eigenvalue weighted by Crippen LogP contribution is -2.22. The van der Waals surface area contributed by atoms with Crippen LogP contribution in [0.4, 0.5) is 11.5 Å². The molecule has 2 N–H and O–H groups in total. The lowest BCUT2D eigenvalue weighted by Gasteiger charge is -2.21. The van der Waals surface area contributed by atoms with Gasteiger partial charge in [0.2, 0.25) is 5.43 Å². The zero-order chi connectivity index (χ0) is 14.7. The third kappa shape index (κ3) is 2.57. The van der Waals surface area contributed by atoms with E-state index in [4.69, 9.17) is 0 Å². The number of pyridine rings is 1. The molecule has 1 aromatic heterocycles. The van der Waals surface area contributed by atoms with Crippen LogP contribution in [0.1, 0.15) is 25.3 Å². The molecule has 4 heteroatoms. The topological polar surface area (TPSA) is 46.1 Å². The molecule has 21 heavy (non-hydrogen) atoms. The van der Waals surface area contributed by atoms with E-state index in [2.05, 4.69) is 17.6 Å². The molecule has 0 spiro atoms. The number of aryl methyl sites for hydroxylation is 1. The van der Waals surface area contributed by atoms with Crippen LogP contribution in [0.25, 0.3) is 5.69 Å². The lowest BCUT2D eigenvalue weighted by atomic mass is 10.1. The van der Waals surface area contributed by atoms with Crippen molar-refractivity contribution in [3.8, 4) is 5.69 Å². The van der Waals surface area contributed by atoms with Gasteiger partial charge in [0.15, 0.2) is 0 Å². The van der Waals surface area contributed by atoms with E-state index in [9.17, 15) is 4.79 Å². The van der Waals surface area contributed by atoms with Crippen molar-refractivity contribution < 1.29 is 0 Å². The predicted octanol–water partition coefficient (Wildman–Crippen LogP) is 3.49. The maximum Gasteiger partial charge on any atom is 0.210 e. The number of rotatable bonds is 4. The molecule has 0 atom stereocenters. The fourth-order valence-corrected chi connectivity index (χ4v) is 2.53. The molecule has 3 rings (SSSR count). The number of aromatic nitrogens is 1. The third-order valence-corrected chi connectivity index (χ3v) is 3.65. The molecule has 0 fully saturated rings. The van der Waals surface area contributed by atoms with Gasteiger partial charge >= 0.3 is 0 Å². The average molecular weight is 281 g/mol. The second-order valence-corrected chi connectivity index (χ2v) is 5.14. The fourth-order valence-electron chi connectivity index (χ4n) is 2.53. The maximum absolute atomic E-state index is 12.6. The van der Waals surface area contributed by atoms with Gasteiger partial charge in [0.05, 0.1) is 0 Å². The Hall–Kier alpha value is -2.49. The highest BCUT2D eigenvalue weighted by molar-refractivity contribution is 5.72. The number of para-hydroxylation sites is 1. The van der Waals surface area contributed by atoms with Crippen molar-refractivity contribution in [2.75, 3.05) is 10.6 Å². The Morgan fingerprint density at radius 2 is 1.86 bits per heavy atom. The zero-order valence-electron chi connectivity index (χ0n) is 12.1. The summed E-state index contributed by atoms with van der Waals surface area (Å²) in [5.74, 6) is 0.786. The van der Waals surface area contributed by atoms with Crippen LogP contribution in [-0.4, -0.2) is 4.57 Å². The number of unbranched alkanes of at least 4 members (excludes halogenated alkanes) is 1. The molecule has 0 bridgehead atoms. The summed E-state index contributed by atoms with van der Waals surface area (Å²) in [4.78, 5) is 12.6. The van der Waals surface area contributed by atoms with Crippen molar-refractivity contribution in [2.45, 2.75) is 26.2 Å². The van der Waals surface area contributed by atoms with Gasteiger partial charge in [-0.3, -0.25) is 4.79 Å². The molecular formula is C17H19N3O. The van der Waals surface area contributed by atoms with Gasteiger partial charge in [0.25, 0.3) is 0 Å². The highest BCUT2D eigenvalue weighted by Crippen LogP contribution is 2.25. The van der Waals surface area contributed by atoms with Crippen molar-refractivity contribution in [2.24, 2.45) is 0 Å². The summed E-state index contributed by atoms with van der Waals surface area (Å²) in [5.41, 5.74) is 2.59. The summed E-state index contributed by atoms with van der Waals surface area (Å²) in [6.45, 7) is 2.14. The average Bonchev–Trinajstić information content (AvgIpc) is 2.55. The minimum absolute atomic E-state index is 0.0856. The zero-order valence-corrected chi connectivity index (χ0v) is 12.1. The van der Waals surface area contributed by atoms with Crippen molar-refractivity contribution in [1.29, 1.82) is 0 Å². The van der Waals surface area contributed by atoms with Crippen molar-refractivity contribution in [1.82, 2.24) is 4.57 Å². The SMILES string of the molecule is CCCCc1cn(-c2ccccc2)c2c(c1=O)NC=CN2. The molecule has 2 heterocycles. The van der Waals surface area contributed by atoms with Gasteiger partial charge in [-0.25, -0.2) is 0 Å². The second-order valence-electron chi connectivity index (χ2n) is 5.14. The van der Waals surface area contributed by atoms with E-state index >= 15 is 0 Å². The molecule has 0 aliphatic carbocycles. The van der Waals surface area contributed by atoms with Crippen LogP contribution in [0.15, 0.2) is 53.7 Å². The molecule has 1 aliphatic heterocycles. The van der Waals surface area contributed by atoms with Crippen LogP contribution < -0.4 is 16.1 Å². The number of hydrogen-bond donors (Lipinski definition) is 2. The van der Waals surface area contributed by atoms with Crippen LogP contribution in [-0.2, 0) is 6.42 Å². The van der Waals surface area contributed by atoms with E-state index in [0.717, 1.165) is 36.3 Å². The van der Waals surface area contributed by atoms with Crippen LogP contribution in [0.2, 0.25) is 0 Å². The maximum atomic E-state index is 12.6. The number of nitrogens with one attached hydrogen (secondary N) is 2. The van der Waals surface area contributed by atoms with E-state index in [0.29, 0.717) is 5.69 Å². The molecule has 0 amide bonds. The number of hydrogen-bond acceptors (Lipinski definition) is 3. The molecule has 0 saturated heterocycles. The number of benzene rings is 1. The van der Waals surface area contributed by atoms with Crippen molar-refractivity contribution in [3.05, 3.63) is 64.7 Å². The van der Waals surface area contributed by atoms with Crippen molar-refractivity contribution >= 4 is 11.5 Å². The van der Waals surface area contributed by atoms with E-state index in [1.54, 1.807) is 12.4 Å². The van der Waals surface area contributed by atoms with E-state index in [-0.39, 0.29) is 5.43 Å². The monoisotopic (exact) mass is 281 g/mol. The molecule has 0 saturated carbocycles. The lowest BCUT2D eigenvalue weighted by molar-refractivity contribution is 0.784. The van der Waals surface area contributed by atoms with Gasteiger partial charge < -0.3 is 15.2 Å². The summed E-state index contributed by atoms with van der Waals surface area (Å²) < 4.78 is 2.04. The highest BCUT2D eigenvalue weighted by Gasteiger charge is 2.17. The summed E-state index contributed by atoms with van der Waals surface area (Å²) in [6.07, 6.45) is 8.41. The Labute approximate surface area is 124 Å². The summed E-state index contributed by atoms with van der Waals surface area (Å²) in [5, 5.41) is 6.26. The van der Waals surface area contributed by atoms with Gasteiger partial charge in [0, 0.05) is 29.8 Å². The summed E-state index contributed by atoms with van der Waals surface area (Å²) >= 11 is 0. The third-order valence-electron chi connectivity index (χ3n) is 3.65. The fraction of sp³-hybridized carbons (Fsp3) is 0.235. The van der Waals surface area contributed by atoms with Gasteiger partial charge in [-0.15, -0.1) is 0 Å². The standard InChI is InChI=1S/C17H19N3O/c1-2-3-7-13-12-20(14-8-5-4-6-9-14)17-15(16(13)21)18-10-11-19-17/h4-6,8-12,18-19H,2-3,7H2,1H3. The van der Waals surface area contributed by atoms with E-state index in [1.165, 1.54) is 0 Å². The highest BCUT2D eigenvalue weighted by atomic mass is 16.1. The van der Waals surface area contributed by atoms with Crippen LogP contribution in [0.3, 0.4) is 0 Å². The number of anilines is 2. The molecule has 108 valence electrons. The van der Waals surface area contributed by atoms with Crippen LogP contribution in [0, 0.1) is 0 Å². The van der Waals surface area contributed by atoms with Gasteiger partial charge in [-0.05, 0) is 25.0 Å². The van der Waals surface area contributed by atoms with Gasteiger partial charge in [-0.2, -0.15) is 0 Å².